The van der Waals surface area contributed by atoms with Gasteiger partial charge in [0, 0.05) is 44.4 Å². The van der Waals surface area contributed by atoms with Crippen LogP contribution in [0.3, 0.4) is 0 Å². The number of carbonyl (C=O) groups excluding carboxylic acids is 1. The topological polar surface area (TPSA) is 82.9 Å². The summed E-state index contributed by atoms with van der Waals surface area (Å²) in [6, 6.07) is 10.8. The molecule has 1 aromatic carbocycles. The maximum Gasteiger partial charge on any atom is 0.268 e. The Kier molecular flexibility index (Phi) is 5.83. The molecule has 1 unspecified atom stereocenters. The Bertz CT molecular complexity index is 1220. The number of pyridine rings is 2. The molecule has 3 aromatic rings. The lowest BCUT2D eigenvalue weighted by Gasteiger charge is -2.26. The predicted molar refractivity (Wildman–Crippen MR) is 121 cm³/mol. The second-order valence-electron chi connectivity index (χ2n) is 8.26. The Morgan fingerprint density at radius 2 is 1.97 bits per heavy atom. The van der Waals surface area contributed by atoms with Crippen molar-refractivity contribution >= 4 is 5.91 Å². The first-order valence-electron chi connectivity index (χ1n) is 11.0. The van der Waals surface area contributed by atoms with Crippen molar-refractivity contribution in [2.45, 2.75) is 32.4 Å². The molecular formula is C25H25N3O5. The summed E-state index contributed by atoms with van der Waals surface area (Å²) in [7, 11) is 0. The van der Waals surface area contributed by atoms with Crippen LogP contribution in [-0.2, 0) is 11.3 Å². The van der Waals surface area contributed by atoms with E-state index in [9.17, 15) is 9.59 Å². The zero-order chi connectivity index (χ0) is 22.8. The van der Waals surface area contributed by atoms with Crippen LogP contribution in [0.25, 0.3) is 5.69 Å². The molecule has 1 fully saturated rings. The van der Waals surface area contributed by atoms with E-state index in [-0.39, 0.29) is 29.9 Å². The highest BCUT2D eigenvalue weighted by Gasteiger charge is 2.27. The molecule has 1 atom stereocenters. The minimum absolute atomic E-state index is 0.0316. The zero-order valence-electron chi connectivity index (χ0n) is 18.4. The Morgan fingerprint density at radius 1 is 1.15 bits per heavy atom. The summed E-state index contributed by atoms with van der Waals surface area (Å²) in [5.74, 6) is 0.903. The van der Waals surface area contributed by atoms with Crippen molar-refractivity contribution in [3.63, 3.8) is 0 Å². The zero-order valence-corrected chi connectivity index (χ0v) is 18.4. The molecule has 2 aliphatic heterocycles. The number of aryl methyl sites for hydroxylation is 1. The van der Waals surface area contributed by atoms with Crippen molar-refractivity contribution in [1.82, 2.24) is 14.5 Å². The summed E-state index contributed by atoms with van der Waals surface area (Å²) in [6.07, 6.45) is 6.92. The fraction of sp³-hybridized carbons (Fsp3) is 0.320. The highest BCUT2D eigenvalue weighted by molar-refractivity contribution is 5.95. The minimum atomic E-state index is -0.370. The largest absolute Gasteiger partial charge is 0.454 e. The molecule has 0 bridgehead atoms. The standard InChI is InChI=1S/C25H25N3O5/c1-17-8-11-28(19-4-5-21-22(13-19)33-16-32-21)25(30)23(17)24(29)27(15-20-3-2-12-31-20)14-18-6-9-26-10-7-18/h4-11,13,20H,2-3,12,14-16H2,1H3. The van der Waals surface area contributed by atoms with Gasteiger partial charge in [-0.05, 0) is 61.2 Å². The molecule has 2 aliphatic rings. The SMILES string of the molecule is Cc1ccn(-c2ccc3c(c2)OCO3)c(=O)c1C(=O)N(Cc1ccncc1)CC1CCCO1. The Morgan fingerprint density at radius 3 is 2.76 bits per heavy atom. The van der Waals surface area contributed by atoms with Crippen LogP contribution in [0.4, 0.5) is 0 Å². The fourth-order valence-electron chi connectivity index (χ4n) is 4.25. The van der Waals surface area contributed by atoms with Gasteiger partial charge in [0.1, 0.15) is 5.56 Å². The molecule has 2 aromatic heterocycles. The van der Waals surface area contributed by atoms with Crippen LogP contribution in [-0.4, -0.2) is 46.4 Å². The van der Waals surface area contributed by atoms with Crippen LogP contribution in [0.2, 0.25) is 0 Å². The van der Waals surface area contributed by atoms with Gasteiger partial charge < -0.3 is 19.1 Å². The Labute approximate surface area is 191 Å². The lowest BCUT2D eigenvalue weighted by molar-refractivity contribution is 0.0505. The highest BCUT2D eigenvalue weighted by Crippen LogP contribution is 2.33. The number of fused-ring (bicyclic) bond motifs is 1. The maximum absolute atomic E-state index is 13.7. The first kappa shape index (κ1) is 21.2. The van der Waals surface area contributed by atoms with Gasteiger partial charge in [0.2, 0.25) is 6.79 Å². The first-order valence-corrected chi connectivity index (χ1v) is 11.0. The van der Waals surface area contributed by atoms with Gasteiger partial charge in [-0.15, -0.1) is 0 Å². The van der Waals surface area contributed by atoms with E-state index < -0.39 is 0 Å². The number of hydrogen-bond donors (Lipinski definition) is 0. The molecule has 5 rings (SSSR count). The molecule has 1 amide bonds. The molecule has 8 nitrogen and oxygen atoms in total. The predicted octanol–water partition coefficient (Wildman–Crippen LogP) is 3.09. The number of aromatic nitrogens is 2. The first-order chi connectivity index (χ1) is 16.1. The fourth-order valence-corrected chi connectivity index (χ4v) is 4.25. The number of amides is 1. The summed E-state index contributed by atoms with van der Waals surface area (Å²) in [6.45, 7) is 3.44. The average molecular weight is 447 g/mol. The van der Waals surface area contributed by atoms with Gasteiger partial charge in [-0.25, -0.2) is 0 Å². The second-order valence-corrected chi connectivity index (χ2v) is 8.26. The summed E-state index contributed by atoms with van der Waals surface area (Å²) in [4.78, 5) is 33.0. The van der Waals surface area contributed by atoms with Gasteiger partial charge in [-0.1, -0.05) is 0 Å². The van der Waals surface area contributed by atoms with Crippen LogP contribution >= 0.6 is 0 Å². The highest BCUT2D eigenvalue weighted by atomic mass is 16.7. The Hall–Kier alpha value is -3.65. The van der Waals surface area contributed by atoms with Crippen LogP contribution < -0.4 is 15.0 Å². The molecule has 1 saturated heterocycles. The van der Waals surface area contributed by atoms with E-state index in [2.05, 4.69) is 4.98 Å². The second kappa shape index (κ2) is 9.07. The number of carbonyl (C=O) groups is 1. The number of ether oxygens (including phenoxy) is 3. The Balaban J connectivity index is 1.50. The smallest absolute Gasteiger partial charge is 0.268 e. The third-order valence-electron chi connectivity index (χ3n) is 6.01. The van der Waals surface area contributed by atoms with Crippen LogP contribution in [0.1, 0.15) is 34.3 Å². The van der Waals surface area contributed by atoms with Crippen LogP contribution in [0, 0.1) is 6.92 Å². The minimum Gasteiger partial charge on any atom is -0.454 e. The number of nitrogens with zero attached hydrogens (tertiary/aromatic N) is 3. The molecular weight excluding hydrogens is 422 g/mol. The lowest BCUT2D eigenvalue weighted by atomic mass is 10.1. The third kappa shape index (κ3) is 4.34. The van der Waals surface area contributed by atoms with Crippen molar-refractivity contribution in [3.8, 4) is 17.2 Å². The van der Waals surface area contributed by atoms with Gasteiger partial charge in [-0.2, -0.15) is 0 Å². The van der Waals surface area contributed by atoms with Crippen molar-refractivity contribution in [1.29, 1.82) is 0 Å². The van der Waals surface area contributed by atoms with Crippen LogP contribution in [0.15, 0.2) is 59.8 Å². The third-order valence-corrected chi connectivity index (χ3v) is 6.01. The quantitative estimate of drug-likeness (QED) is 0.578. The molecule has 0 aliphatic carbocycles. The molecule has 0 spiro atoms. The lowest BCUT2D eigenvalue weighted by Crippen LogP contribution is -2.40. The van der Waals surface area contributed by atoms with E-state index in [0.29, 0.717) is 42.4 Å². The van der Waals surface area contributed by atoms with Crippen LogP contribution in [0.5, 0.6) is 11.5 Å². The molecule has 0 radical (unpaired) electrons. The van der Waals surface area contributed by atoms with Gasteiger partial charge in [0.05, 0.1) is 11.8 Å². The van der Waals surface area contributed by atoms with Gasteiger partial charge >= 0.3 is 0 Å². The molecule has 0 saturated carbocycles. The van der Waals surface area contributed by atoms with Gasteiger partial charge in [-0.3, -0.25) is 19.1 Å². The van der Waals surface area contributed by atoms with Crippen molar-refractivity contribution < 1.29 is 19.0 Å². The van der Waals surface area contributed by atoms with E-state index >= 15 is 0 Å². The molecule has 8 heteroatoms. The van der Waals surface area contributed by atoms with Gasteiger partial charge in [0.15, 0.2) is 11.5 Å². The number of rotatable bonds is 6. The molecule has 33 heavy (non-hydrogen) atoms. The van der Waals surface area contributed by atoms with Crippen molar-refractivity contribution in [2.24, 2.45) is 0 Å². The normalized spacial score (nSPS) is 16.7. The van der Waals surface area contributed by atoms with Gasteiger partial charge in [0.25, 0.3) is 11.5 Å². The van der Waals surface area contributed by atoms with E-state index in [1.54, 1.807) is 54.7 Å². The molecule has 0 N–H and O–H groups in total. The van der Waals surface area contributed by atoms with Crippen molar-refractivity contribution in [3.05, 3.63) is 82.0 Å². The number of hydrogen-bond acceptors (Lipinski definition) is 6. The molecule has 170 valence electrons. The number of benzene rings is 1. The summed E-state index contributed by atoms with van der Waals surface area (Å²) in [5, 5.41) is 0. The maximum atomic E-state index is 13.7. The van der Waals surface area contributed by atoms with E-state index in [4.69, 9.17) is 14.2 Å². The summed E-state index contributed by atoms with van der Waals surface area (Å²) < 4.78 is 18.1. The monoisotopic (exact) mass is 447 g/mol. The van der Waals surface area contributed by atoms with Crippen molar-refractivity contribution in [2.75, 3.05) is 19.9 Å². The summed E-state index contributed by atoms with van der Waals surface area (Å²) >= 11 is 0. The molecule has 4 heterocycles. The average Bonchev–Trinajstić information content (AvgIpc) is 3.51. The summed E-state index contributed by atoms with van der Waals surface area (Å²) in [5.41, 5.74) is 1.97. The van der Waals surface area contributed by atoms with E-state index in [1.807, 2.05) is 12.1 Å². The van der Waals surface area contributed by atoms with E-state index in [1.165, 1.54) is 4.57 Å². The van der Waals surface area contributed by atoms with E-state index in [0.717, 1.165) is 18.4 Å².